The van der Waals surface area contributed by atoms with E-state index in [2.05, 4.69) is 207 Å². The van der Waals surface area contributed by atoms with Crippen molar-refractivity contribution in [3.05, 3.63) is 211 Å². The molecule has 13 aromatic rings. The van der Waals surface area contributed by atoms with Gasteiger partial charge >= 0.3 is 0 Å². The summed E-state index contributed by atoms with van der Waals surface area (Å²) < 4.78 is 16.3. The molecule has 0 unspecified atom stereocenters. The first-order valence-corrected chi connectivity index (χ1v) is 23.1. The van der Waals surface area contributed by atoms with Gasteiger partial charge in [-0.05, 0) is 93.2 Å². The normalized spacial score (nSPS) is 13.2. The molecule has 0 saturated heterocycles. The summed E-state index contributed by atoms with van der Waals surface area (Å²) in [5.74, 6) is 0. The van der Waals surface area contributed by atoms with Gasteiger partial charge in [0, 0.05) is 69.8 Å². The van der Waals surface area contributed by atoms with E-state index in [1.165, 1.54) is 58.8 Å². The third-order valence-electron chi connectivity index (χ3n) is 14.1. The largest absolute Gasteiger partial charge is 0.455 e. The highest BCUT2D eigenvalue weighted by atomic mass is 32.1. The molecule has 1 aliphatic rings. The van der Waals surface area contributed by atoms with Crippen molar-refractivity contribution in [2.24, 2.45) is 0 Å². The molecule has 65 heavy (non-hydrogen) atoms. The van der Waals surface area contributed by atoms with Crippen LogP contribution in [0.3, 0.4) is 0 Å². The Morgan fingerprint density at radius 1 is 0.431 bits per heavy atom. The number of nitrogens with zero attached hydrogens (tertiary/aromatic N) is 1. The fourth-order valence-corrected chi connectivity index (χ4v) is 12.2. The van der Waals surface area contributed by atoms with Crippen molar-refractivity contribution < 1.29 is 8.83 Å². The first-order chi connectivity index (χ1) is 32.0. The maximum Gasteiger partial charge on any atom is 0.144 e. The number of rotatable bonds is 5. The van der Waals surface area contributed by atoms with E-state index in [-0.39, 0.29) is 5.41 Å². The van der Waals surface area contributed by atoms with Gasteiger partial charge in [0.2, 0.25) is 0 Å². The lowest BCUT2D eigenvalue weighted by atomic mass is 9.82. The summed E-state index contributed by atoms with van der Waals surface area (Å²) in [6, 6.07) is 72.8. The number of fused-ring (bicyclic) bond motifs is 13. The molecule has 1 aliphatic carbocycles. The minimum Gasteiger partial charge on any atom is -0.455 e. The fraction of sp³-hybridized carbons (Fsp3) is 0.0492. The molecule has 14 rings (SSSR count). The monoisotopic (exact) mass is 849 g/mol. The van der Waals surface area contributed by atoms with Crippen LogP contribution in [0.5, 0.6) is 0 Å². The summed E-state index contributed by atoms with van der Waals surface area (Å²) in [6.07, 6.45) is 0. The van der Waals surface area contributed by atoms with Crippen molar-refractivity contribution in [3.63, 3.8) is 0 Å². The van der Waals surface area contributed by atoms with E-state index in [0.29, 0.717) is 0 Å². The molecule has 4 heteroatoms. The number of para-hydroxylation sites is 2. The number of benzene rings is 10. The van der Waals surface area contributed by atoms with Gasteiger partial charge in [-0.1, -0.05) is 159 Å². The SMILES string of the molecule is CC1(C)c2ccccc2-c2ccc(N(c3ccc(-c4cccc5c4oc4ccccc45)cc3)c3cccc4oc5c(-c6cccc7c6sc6ccccc67)c6ccccc6cc5c34)cc21. The molecule has 3 aromatic heterocycles. The molecule has 3 nitrogen and oxygen atoms in total. The third-order valence-corrected chi connectivity index (χ3v) is 15.3. The molecule has 0 spiro atoms. The molecule has 0 saturated carbocycles. The molecular formula is C61H39NO2S. The van der Waals surface area contributed by atoms with E-state index < -0.39 is 0 Å². The van der Waals surface area contributed by atoms with Gasteiger partial charge in [0.05, 0.1) is 11.1 Å². The Hall–Kier alpha value is -7.92. The standard InChI is InChI=1S/C61H39NO2S/c1-61(2)50-23-8-5-16-42(50)43-33-32-39(35-51(43)61)62(38-30-28-36(29-31-38)41-19-11-20-46-44-17-6-9-25-53(44)63-58(41)46)52-24-13-26-54-57(52)49-34-37-14-3-4-15-40(37)56(59(49)64-54)48-22-12-21-47-45-18-7-10-27-55(45)65-60(47)48/h3-35H,1-2H3. The number of furan rings is 2. The highest BCUT2D eigenvalue weighted by Crippen LogP contribution is 2.53. The van der Waals surface area contributed by atoms with Gasteiger partial charge in [0.15, 0.2) is 0 Å². The Balaban J connectivity index is 1.02. The lowest BCUT2D eigenvalue weighted by Crippen LogP contribution is -2.16. The van der Waals surface area contributed by atoms with Crippen LogP contribution in [0.1, 0.15) is 25.0 Å². The van der Waals surface area contributed by atoms with Crippen LogP contribution in [0.15, 0.2) is 209 Å². The quantitative estimate of drug-likeness (QED) is 0.173. The van der Waals surface area contributed by atoms with E-state index >= 15 is 0 Å². The lowest BCUT2D eigenvalue weighted by Gasteiger charge is -2.29. The fourth-order valence-electron chi connectivity index (χ4n) is 11.0. The van der Waals surface area contributed by atoms with Crippen molar-refractivity contribution in [3.8, 4) is 33.4 Å². The Labute approximate surface area is 379 Å². The van der Waals surface area contributed by atoms with Crippen molar-refractivity contribution in [1.29, 1.82) is 0 Å². The summed E-state index contributed by atoms with van der Waals surface area (Å²) in [5, 5.41) is 9.34. The van der Waals surface area contributed by atoms with Crippen molar-refractivity contribution in [2.45, 2.75) is 19.3 Å². The van der Waals surface area contributed by atoms with Crippen LogP contribution in [-0.4, -0.2) is 0 Å². The summed E-state index contributed by atoms with van der Waals surface area (Å²) in [6.45, 7) is 4.71. The summed E-state index contributed by atoms with van der Waals surface area (Å²) in [7, 11) is 0. The zero-order valence-corrected chi connectivity index (χ0v) is 36.5. The first kappa shape index (κ1) is 36.6. The summed E-state index contributed by atoms with van der Waals surface area (Å²) in [4.78, 5) is 2.43. The van der Waals surface area contributed by atoms with Gasteiger partial charge in [-0.15, -0.1) is 11.3 Å². The van der Waals surface area contributed by atoms with Gasteiger partial charge in [-0.2, -0.15) is 0 Å². The Bertz CT molecular complexity index is 4110. The summed E-state index contributed by atoms with van der Waals surface area (Å²) >= 11 is 1.86. The molecule has 0 fully saturated rings. The molecule has 0 atom stereocenters. The Morgan fingerprint density at radius 2 is 1.08 bits per heavy atom. The average Bonchev–Trinajstić information content (AvgIpc) is 4.10. The van der Waals surface area contributed by atoms with Crippen LogP contribution in [0, 0.1) is 0 Å². The maximum atomic E-state index is 7.19. The molecular weight excluding hydrogens is 811 g/mol. The van der Waals surface area contributed by atoms with E-state index in [4.69, 9.17) is 8.83 Å². The molecule has 0 bridgehead atoms. The zero-order valence-electron chi connectivity index (χ0n) is 35.7. The molecule has 306 valence electrons. The van der Waals surface area contributed by atoms with Crippen molar-refractivity contribution in [1.82, 2.24) is 0 Å². The number of hydrogen-bond donors (Lipinski definition) is 0. The van der Waals surface area contributed by atoms with E-state index in [1.54, 1.807) is 0 Å². The van der Waals surface area contributed by atoms with Gasteiger partial charge in [0.1, 0.15) is 22.3 Å². The molecule has 0 radical (unpaired) electrons. The minimum atomic E-state index is -0.168. The zero-order chi connectivity index (χ0) is 43.0. The molecule has 0 amide bonds. The Morgan fingerprint density at radius 3 is 1.97 bits per heavy atom. The smallest absolute Gasteiger partial charge is 0.144 e. The Kier molecular flexibility index (Phi) is 7.62. The van der Waals surface area contributed by atoms with Gasteiger partial charge in [0.25, 0.3) is 0 Å². The number of thiophene rings is 1. The number of anilines is 3. The predicted molar refractivity (Wildman–Crippen MR) is 275 cm³/mol. The second-order valence-electron chi connectivity index (χ2n) is 17.9. The minimum absolute atomic E-state index is 0.168. The van der Waals surface area contributed by atoms with Crippen molar-refractivity contribution in [2.75, 3.05) is 4.90 Å². The van der Waals surface area contributed by atoms with Crippen LogP contribution >= 0.6 is 11.3 Å². The predicted octanol–water partition coefficient (Wildman–Crippen LogP) is 18.1. The highest BCUT2D eigenvalue weighted by Gasteiger charge is 2.36. The molecule has 0 N–H and O–H groups in total. The third kappa shape index (κ3) is 5.23. The van der Waals surface area contributed by atoms with Gasteiger partial charge in [-0.25, -0.2) is 0 Å². The lowest BCUT2D eigenvalue weighted by molar-refractivity contribution is 0.660. The highest BCUT2D eigenvalue weighted by molar-refractivity contribution is 7.26. The van der Waals surface area contributed by atoms with E-state index in [0.717, 1.165) is 77.6 Å². The van der Waals surface area contributed by atoms with E-state index in [9.17, 15) is 0 Å². The average molecular weight is 850 g/mol. The van der Waals surface area contributed by atoms with Crippen LogP contribution in [0.25, 0.3) is 108 Å². The van der Waals surface area contributed by atoms with Crippen LogP contribution in [0.2, 0.25) is 0 Å². The maximum absolute atomic E-state index is 7.19. The molecule has 3 heterocycles. The van der Waals surface area contributed by atoms with Crippen LogP contribution < -0.4 is 4.90 Å². The topological polar surface area (TPSA) is 29.5 Å². The molecule has 10 aromatic carbocycles. The molecule has 0 aliphatic heterocycles. The number of hydrogen-bond acceptors (Lipinski definition) is 4. The van der Waals surface area contributed by atoms with E-state index in [1.807, 2.05) is 23.5 Å². The van der Waals surface area contributed by atoms with Crippen LogP contribution in [0.4, 0.5) is 17.1 Å². The van der Waals surface area contributed by atoms with Gasteiger partial charge in [-0.3, -0.25) is 0 Å². The van der Waals surface area contributed by atoms with Crippen molar-refractivity contribution >= 4 is 103 Å². The van der Waals surface area contributed by atoms with Crippen LogP contribution in [-0.2, 0) is 5.41 Å². The van der Waals surface area contributed by atoms with Gasteiger partial charge < -0.3 is 13.7 Å². The second-order valence-corrected chi connectivity index (χ2v) is 19.0. The first-order valence-electron chi connectivity index (χ1n) is 22.3. The summed E-state index contributed by atoms with van der Waals surface area (Å²) in [5.41, 5.74) is 16.4. The second kappa shape index (κ2) is 13.5.